The number of amides is 2. The minimum atomic E-state index is -0.624. The minimum absolute atomic E-state index is 0.245. The zero-order valence-corrected chi connectivity index (χ0v) is 19.5. The Kier molecular flexibility index (Phi) is 7.28. The van der Waals surface area contributed by atoms with Crippen LogP contribution in [0.2, 0.25) is 0 Å². The summed E-state index contributed by atoms with van der Waals surface area (Å²) >= 11 is 0. The topological polar surface area (TPSA) is 70.7 Å². The molecule has 0 fully saturated rings. The standard InChI is InChI=1S/C28H29N3O3/c1-3-31(19-20-11-7-5-8-12-20)23-17-15-22(16-18-23)26-24(27(32)34-4-2)25(29-28(33)30-26)21-13-9-6-10-14-21/h5-18,26H,3-4,19H2,1-2H3,(H2,29,30,33). The summed E-state index contributed by atoms with van der Waals surface area (Å²) in [6.45, 7) is 5.79. The lowest BCUT2D eigenvalue weighted by atomic mass is 9.92. The molecule has 0 saturated carbocycles. The molecular weight excluding hydrogens is 426 g/mol. The van der Waals surface area contributed by atoms with E-state index in [9.17, 15) is 9.59 Å². The highest BCUT2D eigenvalue weighted by Crippen LogP contribution is 2.33. The Hall–Kier alpha value is -4.06. The molecule has 2 amide bonds. The van der Waals surface area contributed by atoms with E-state index in [4.69, 9.17) is 4.74 Å². The average Bonchev–Trinajstić information content (AvgIpc) is 2.88. The largest absolute Gasteiger partial charge is 0.463 e. The van der Waals surface area contributed by atoms with Crippen molar-refractivity contribution in [1.29, 1.82) is 0 Å². The molecule has 1 aliphatic heterocycles. The third-order valence-electron chi connectivity index (χ3n) is 5.82. The van der Waals surface area contributed by atoms with Crippen molar-refractivity contribution in [2.75, 3.05) is 18.1 Å². The fourth-order valence-corrected chi connectivity index (χ4v) is 4.14. The first-order valence-corrected chi connectivity index (χ1v) is 11.5. The molecule has 0 aromatic heterocycles. The number of hydrogen-bond acceptors (Lipinski definition) is 4. The monoisotopic (exact) mass is 455 g/mol. The molecule has 174 valence electrons. The predicted octanol–water partition coefficient (Wildman–Crippen LogP) is 5.04. The number of rotatable bonds is 8. The highest BCUT2D eigenvalue weighted by Gasteiger charge is 2.34. The minimum Gasteiger partial charge on any atom is -0.463 e. The maximum Gasteiger partial charge on any atom is 0.338 e. The van der Waals surface area contributed by atoms with E-state index in [2.05, 4.69) is 34.6 Å². The molecule has 3 aromatic rings. The van der Waals surface area contributed by atoms with Crippen LogP contribution in [0.15, 0.2) is 90.5 Å². The molecule has 0 radical (unpaired) electrons. The Morgan fingerprint density at radius 1 is 0.912 bits per heavy atom. The Morgan fingerprint density at radius 2 is 1.56 bits per heavy atom. The van der Waals surface area contributed by atoms with E-state index in [0.29, 0.717) is 11.3 Å². The van der Waals surface area contributed by atoms with Crippen LogP contribution in [0.4, 0.5) is 10.5 Å². The van der Waals surface area contributed by atoms with Gasteiger partial charge in [0.15, 0.2) is 0 Å². The van der Waals surface area contributed by atoms with Crippen LogP contribution in [0.3, 0.4) is 0 Å². The van der Waals surface area contributed by atoms with Gasteiger partial charge in [-0.3, -0.25) is 0 Å². The molecule has 0 aliphatic carbocycles. The molecule has 34 heavy (non-hydrogen) atoms. The molecule has 0 saturated heterocycles. The molecule has 0 spiro atoms. The van der Waals surface area contributed by atoms with E-state index in [-0.39, 0.29) is 12.6 Å². The number of ether oxygens (including phenoxy) is 1. The van der Waals surface area contributed by atoms with Gasteiger partial charge in [-0.15, -0.1) is 0 Å². The van der Waals surface area contributed by atoms with Gasteiger partial charge in [-0.05, 0) is 42.7 Å². The van der Waals surface area contributed by atoms with E-state index in [1.54, 1.807) is 6.92 Å². The summed E-state index contributed by atoms with van der Waals surface area (Å²) in [5, 5.41) is 5.71. The summed E-state index contributed by atoms with van der Waals surface area (Å²) in [4.78, 5) is 27.9. The van der Waals surface area contributed by atoms with Crippen LogP contribution in [-0.2, 0) is 16.1 Å². The number of nitrogens with zero attached hydrogens (tertiary/aromatic N) is 1. The molecule has 6 nitrogen and oxygen atoms in total. The van der Waals surface area contributed by atoms with Crippen molar-refractivity contribution in [3.8, 4) is 0 Å². The second-order valence-electron chi connectivity index (χ2n) is 8.00. The molecule has 3 aromatic carbocycles. The van der Waals surface area contributed by atoms with Gasteiger partial charge in [0.2, 0.25) is 0 Å². The summed E-state index contributed by atoms with van der Waals surface area (Å²) in [7, 11) is 0. The third-order valence-corrected chi connectivity index (χ3v) is 5.82. The molecule has 0 bridgehead atoms. The normalized spacial score (nSPS) is 15.4. The van der Waals surface area contributed by atoms with Gasteiger partial charge in [-0.1, -0.05) is 72.8 Å². The average molecular weight is 456 g/mol. The van der Waals surface area contributed by atoms with Gasteiger partial charge in [0, 0.05) is 18.8 Å². The maximum atomic E-state index is 13.0. The summed E-state index contributed by atoms with van der Waals surface area (Å²) in [6.07, 6.45) is 0. The molecule has 6 heteroatoms. The number of carbonyl (C=O) groups is 2. The van der Waals surface area contributed by atoms with Crippen LogP contribution in [-0.4, -0.2) is 25.2 Å². The van der Waals surface area contributed by atoms with Crippen molar-refractivity contribution in [2.24, 2.45) is 0 Å². The van der Waals surface area contributed by atoms with E-state index in [0.717, 1.165) is 29.9 Å². The van der Waals surface area contributed by atoms with Gasteiger partial charge >= 0.3 is 12.0 Å². The van der Waals surface area contributed by atoms with Crippen LogP contribution in [0.1, 0.15) is 36.6 Å². The van der Waals surface area contributed by atoms with Crippen molar-refractivity contribution >= 4 is 23.4 Å². The molecule has 1 unspecified atom stereocenters. The second kappa shape index (κ2) is 10.7. The SMILES string of the molecule is CCOC(=O)C1=C(c2ccccc2)NC(=O)NC1c1ccc(N(CC)Cc2ccccc2)cc1. The first-order valence-electron chi connectivity index (χ1n) is 11.5. The first-order chi connectivity index (χ1) is 16.6. The van der Waals surface area contributed by atoms with Crippen LogP contribution in [0, 0.1) is 0 Å². The second-order valence-corrected chi connectivity index (χ2v) is 8.00. The summed E-state index contributed by atoms with van der Waals surface area (Å²) < 4.78 is 5.37. The van der Waals surface area contributed by atoms with Crippen LogP contribution >= 0.6 is 0 Å². The highest BCUT2D eigenvalue weighted by molar-refractivity contribution is 6.04. The maximum absolute atomic E-state index is 13.0. The van der Waals surface area contributed by atoms with Crippen molar-refractivity contribution in [3.05, 3.63) is 107 Å². The Balaban J connectivity index is 1.68. The van der Waals surface area contributed by atoms with E-state index >= 15 is 0 Å². The number of urea groups is 1. The first kappa shape index (κ1) is 23.1. The fraction of sp³-hybridized carbons (Fsp3) is 0.214. The van der Waals surface area contributed by atoms with Crippen LogP contribution in [0.25, 0.3) is 5.70 Å². The third kappa shape index (κ3) is 5.12. The Labute approximate surface area is 200 Å². The zero-order valence-electron chi connectivity index (χ0n) is 19.5. The number of benzene rings is 3. The predicted molar refractivity (Wildman–Crippen MR) is 134 cm³/mol. The van der Waals surface area contributed by atoms with Gasteiger partial charge in [-0.2, -0.15) is 0 Å². The molecule has 4 rings (SSSR count). The summed E-state index contributed by atoms with van der Waals surface area (Å²) in [5.74, 6) is -0.456. The van der Waals surface area contributed by atoms with Crippen LogP contribution in [0.5, 0.6) is 0 Å². The highest BCUT2D eigenvalue weighted by atomic mass is 16.5. The van der Waals surface area contributed by atoms with E-state index in [1.165, 1.54) is 5.56 Å². The molecular formula is C28H29N3O3. The van der Waals surface area contributed by atoms with Crippen molar-refractivity contribution in [2.45, 2.75) is 26.4 Å². The van der Waals surface area contributed by atoms with Gasteiger partial charge in [0.1, 0.15) is 0 Å². The number of esters is 1. The summed E-state index contributed by atoms with van der Waals surface area (Å²) in [5.41, 5.74) is 4.72. The quantitative estimate of drug-likeness (QED) is 0.467. The fourth-order valence-electron chi connectivity index (χ4n) is 4.14. The van der Waals surface area contributed by atoms with Gasteiger partial charge in [0.25, 0.3) is 0 Å². The zero-order chi connectivity index (χ0) is 23.9. The number of anilines is 1. The van der Waals surface area contributed by atoms with Gasteiger partial charge in [0.05, 0.1) is 23.9 Å². The molecule has 1 aliphatic rings. The Bertz CT molecular complexity index is 1160. The van der Waals surface area contributed by atoms with Crippen LogP contribution < -0.4 is 15.5 Å². The van der Waals surface area contributed by atoms with Crippen molar-refractivity contribution < 1.29 is 14.3 Å². The lowest BCUT2D eigenvalue weighted by molar-refractivity contribution is -0.138. The number of nitrogens with one attached hydrogen (secondary N) is 2. The Morgan fingerprint density at radius 3 is 2.18 bits per heavy atom. The van der Waals surface area contributed by atoms with Crippen molar-refractivity contribution in [1.82, 2.24) is 10.6 Å². The summed E-state index contributed by atoms with van der Waals surface area (Å²) in [6, 6.07) is 26.7. The smallest absolute Gasteiger partial charge is 0.338 e. The molecule has 1 heterocycles. The van der Waals surface area contributed by atoms with Crippen molar-refractivity contribution in [3.63, 3.8) is 0 Å². The van der Waals surface area contributed by atoms with Gasteiger partial charge < -0.3 is 20.3 Å². The van der Waals surface area contributed by atoms with Gasteiger partial charge in [-0.25, -0.2) is 9.59 Å². The van der Waals surface area contributed by atoms with E-state index in [1.807, 2.05) is 72.8 Å². The van der Waals surface area contributed by atoms with E-state index < -0.39 is 12.0 Å². The number of carbonyl (C=O) groups excluding carboxylic acids is 2. The lowest BCUT2D eigenvalue weighted by Crippen LogP contribution is -2.45. The lowest BCUT2D eigenvalue weighted by Gasteiger charge is -2.30. The number of hydrogen-bond donors (Lipinski definition) is 2. The molecule has 2 N–H and O–H groups in total. The molecule has 1 atom stereocenters.